The molecule has 88 valence electrons. The van der Waals surface area contributed by atoms with Crippen molar-refractivity contribution in [3.8, 4) is 0 Å². The van der Waals surface area contributed by atoms with Crippen LogP contribution >= 0.6 is 0 Å². The minimum atomic E-state index is 0.563. The Kier molecular flexibility index (Phi) is 3.34. The second-order valence-electron chi connectivity index (χ2n) is 5.88. The Balaban J connectivity index is 2.03. The van der Waals surface area contributed by atoms with E-state index in [1.165, 1.54) is 36.8 Å². The molecule has 0 heterocycles. The number of hydrogen-bond donors (Lipinski definition) is 1. The highest BCUT2D eigenvalue weighted by atomic mass is 14.5. The molecule has 1 fully saturated rings. The minimum Gasteiger partial charge on any atom is -0.326 e. The number of nitrogens with two attached hydrogens (primary N) is 1. The SMILES string of the molecule is CC1(C)CCC(c2ccc(CN)cc2)CC1. The summed E-state index contributed by atoms with van der Waals surface area (Å²) in [6, 6.07) is 8.89. The zero-order valence-corrected chi connectivity index (χ0v) is 10.5. The Hall–Kier alpha value is -0.820. The van der Waals surface area contributed by atoms with E-state index >= 15 is 0 Å². The molecule has 0 amide bonds. The number of benzene rings is 1. The highest BCUT2D eigenvalue weighted by Crippen LogP contribution is 2.42. The van der Waals surface area contributed by atoms with Gasteiger partial charge in [-0.3, -0.25) is 0 Å². The van der Waals surface area contributed by atoms with Gasteiger partial charge in [-0.15, -0.1) is 0 Å². The Bertz CT molecular complexity index is 327. The van der Waals surface area contributed by atoms with Gasteiger partial charge in [0.2, 0.25) is 0 Å². The average Bonchev–Trinajstić information content (AvgIpc) is 2.29. The van der Waals surface area contributed by atoms with Gasteiger partial charge in [0.1, 0.15) is 0 Å². The van der Waals surface area contributed by atoms with E-state index in [1.54, 1.807) is 0 Å². The number of rotatable bonds is 2. The van der Waals surface area contributed by atoms with Crippen LogP contribution in [0.15, 0.2) is 24.3 Å². The lowest BCUT2D eigenvalue weighted by Gasteiger charge is -2.34. The van der Waals surface area contributed by atoms with Crippen LogP contribution in [-0.4, -0.2) is 0 Å². The molecule has 0 atom stereocenters. The normalized spacial score (nSPS) is 20.9. The van der Waals surface area contributed by atoms with Gasteiger partial charge in [0.05, 0.1) is 0 Å². The lowest BCUT2D eigenvalue weighted by Crippen LogP contribution is -2.20. The minimum absolute atomic E-state index is 0.563. The van der Waals surface area contributed by atoms with Crippen molar-refractivity contribution >= 4 is 0 Å². The maximum atomic E-state index is 5.61. The quantitative estimate of drug-likeness (QED) is 0.800. The molecule has 2 N–H and O–H groups in total. The Morgan fingerprint density at radius 3 is 2.19 bits per heavy atom. The predicted molar refractivity (Wildman–Crippen MR) is 69.3 cm³/mol. The molecule has 16 heavy (non-hydrogen) atoms. The first-order valence-electron chi connectivity index (χ1n) is 6.40. The standard InChI is InChI=1S/C15H23N/c1-15(2)9-7-14(8-10-15)13-5-3-12(11-16)4-6-13/h3-6,14H,7-11,16H2,1-2H3. The zero-order chi connectivity index (χ0) is 11.6. The van der Waals surface area contributed by atoms with Crippen LogP contribution in [0.5, 0.6) is 0 Å². The lowest BCUT2D eigenvalue weighted by molar-refractivity contribution is 0.224. The molecule has 1 aromatic rings. The Morgan fingerprint density at radius 1 is 1.12 bits per heavy atom. The fourth-order valence-corrected chi connectivity index (χ4v) is 2.66. The summed E-state index contributed by atoms with van der Waals surface area (Å²) in [6.45, 7) is 5.43. The lowest BCUT2D eigenvalue weighted by atomic mass is 9.71. The Morgan fingerprint density at radius 2 is 1.69 bits per heavy atom. The molecule has 0 aliphatic heterocycles. The van der Waals surface area contributed by atoms with Crippen LogP contribution in [0.25, 0.3) is 0 Å². The largest absolute Gasteiger partial charge is 0.326 e. The molecule has 0 spiro atoms. The maximum Gasteiger partial charge on any atom is 0.0178 e. The van der Waals surface area contributed by atoms with Crippen LogP contribution in [0.3, 0.4) is 0 Å². The first-order valence-corrected chi connectivity index (χ1v) is 6.40. The van der Waals surface area contributed by atoms with Crippen molar-refractivity contribution in [3.63, 3.8) is 0 Å². The first-order chi connectivity index (χ1) is 7.61. The van der Waals surface area contributed by atoms with Gasteiger partial charge in [-0.25, -0.2) is 0 Å². The summed E-state index contributed by atoms with van der Waals surface area (Å²) in [6.07, 6.45) is 5.40. The first kappa shape index (κ1) is 11.7. The zero-order valence-electron chi connectivity index (χ0n) is 10.5. The molecule has 1 aliphatic rings. The van der Waals surface area contributed by atoms with E-state index in [0.717, 1.165) is 5.92 Å². The van der Waals surface area contributed by atoms with Crippen molar-refractivity contribution in [2.75, 3.05) is 0 Å². The third kappa shape index (κ3) is 2.65. The summed E-state index contributed by atoms with van der Waals surface area (Å²) >= 11 is 0. The van der Waals surface area contributed by atoms with Crippen LogP contribution in [0.4, 0.5) is 0 Å². The number of hydrogen-bond acceptors (Lipinski definition) is 1. The second kappa shape index (κ2) is 4.58. The molecule has 1 heteroatoms. The van der Waals surface area contributed by atoms with Gasteiger partial charge in [-0.1, -0.05) is 38.1 Å². The van der Waals surface area contributed by atoms with Gasteiger partial charge in [-0.05, 0) is 48.1 Å². The third-order valence-electron chi connectivity index (χ3n) is 4.03. The van der Waals surface area contributed by atoms with E-state index in [2.05, 4.69) is 38.1 Å². The second-order valence-corrected chi connectivity index (χ2v) is 5.88. The maximum absolute atomic E-state index is 5.61. The average molecular weight is 217 g/mol. The predicted octanol–water partition coefficient (Wildman–Crippen LogP) is 3.83. The monoisotopic (exact) mass is 217 g/mol. The van der Waals surface area contributed by atoms with Crippen LogP contribution in [0, 0.1) is 5.41 Å². The highest BCUT2D eigenvalue weighted by Gasteiger charge is 2.27. The molecular weight excluding hydrogens is 194 g/mol. The fraction of sp³-hybridized carbons (Fsp3) is 0.600. The molecule has 0 saturated heterocycles. The molecule has 0 unspecified atom stereocenters. The van der Waals surface area contributed by atoms with Gasteiger partial charge in [0, 0.05) is 6.54 Å². The van der Waals surface area contributed by atoms with Crippen LogP contribution in [-0.2, 0) is 6.54 Å². The van der Waals surface area contributed by atoms with Crippen LogP contribution < -0.4 is 5.73 Å². The van der Waals surface area contributed by atoms with Crippen molar-refractivity contribution in [1.82, 2.24) is 0 Å². The van der Waals surface area contributed by atoms with Crippen molar-refractivity contribution in [2.45, 2.75) is 52.0 Å². The summed E-state index contributed by atoms with van der Waals surface area (Å²) in [5, 5.41) is 0. The molecule has 0 radical (unpaired) electrons. The summed E-state index contributed by atoms with van der Waals surface area (Å²) < 4.78 is 0. The molecule has 1 aromatic carbocycles. The molecular formula is C15H23N. The third-order valence-corrected chi connectivity index (χ3v) is 4.03. The van der Waals surface area contributed by atoms with Crippen molar-refractivity contribution < 1.29 is 0 Å². The van der Waals surface area contributed by atoms with Gasteiger partial charge in [-0.2, -0.15) is 0 Å². The summed E-state index contributed by atoms with van der Waals surface area (Å²) in [4.78, 5) is 0. The van der Waals surface area contributed by atoms with E-state index in [1.807, 2.05) is 0 Å². The fourth-order valence-electron chi connectivity index (χ4n) is 2.66. The van der Waals surface area contributed by atoms with E-state index in [4.69, 9.17) is 5.73 Å². The molecule has 0 bridgehead atoms. The molecule has 1 nitrogen and oxygen atoms in total. The van der Waals surface area contributed by atoms with E-state index < -0.39 is 0 Å². The highest BCUT2D eigenvalue weighted by molar-refractivity contribution is 5.25. The van der Waals surface area contributed by atoms with Gasteiger partial charge in [0.25, 0.3) is 0 Å². The molecule has 1 aliphatic carbocycles. The van der Waals surface area contributed by atoms with E-state index in [0.29, 0.717) is 12.0 Å². The summed E-state index contributed by atoms with van der Waals surface area (Å²) in [5.74, 6) is 0.778. The van der Waals surface area contributed by atoms with Gasteiger partial charge < -0.3 is 5.73 Å². The summed E-state index contributed by atoms with van der Waals surface area (Å²) in [7, 11) is 0. The van der Waals surface area contributed by atoms with Crippen molar-refractivity contribution in [1.29, 1.82) is 0 Å². The molecule has 1 saturated carbocycles. The van der Waals surface area contributed by atoms with Gasteiger partial charge >= 0.3 is 0 Å². The molecule has 2 rings (SSSR count). The van der Waals surface area contributed by atoms with Crippen molar-refractivity contribution in [3.05, 3.63) is 35.4 Å². The summed E-state index contributed by atoms with van der Waals surface area (Å²) in [5.41, 5.74) is 8.92. The smallest absolute Gasteiger partial charge is 0.0178 e. The van der Waals surface area contributed by atoms with E-state index in [-0.39, 0.29) is 0 Å². The van der Waals surface area contributed by atoms with Crippen LogP contribution in [0.2, 0.25) is 0 Å². The molecule has 0 aromatic heterocycles. The van der Waals surface area contributed by atoms with E-state index in [9.17, 15) is 0 Å². The Labute approximate surface area is 99.0 Å². The van der Waals surface area contributed by atoms with Gasteiger partial charge in [0.15, 0.2) is 0 Å². The van der Waals surface area contributed by atoms with Crippen LogP contribution in [0.1, 0.15) is 56.6 Å². The topological polar surface area (TPSA) is 26.0 Å². The van der Waals surface area contributed by atoms with Crippen molar-refractivity contribution in [2.24, 2.45) is 11.1 Å².